The Bertz CT molecular complexity index is 560. The Balaban J connectivity index is 2.04. The quantitative estimate of drug-likeness (QED) is 0.752. The summed E-state index contributed by atoms with van der Waals surface area (Å²) in [6.07, 6.45) is 3.40. The molecule has 2 rings (SSSR count). The second-order valence-corrected chi connectivity index (χ2v) is 4.43. The normalized spacial score (nSPS) is 10.1. The molecule has 2 aromatic rings. The summed E-state index contributed by atoms with van der Waals surface area (Å²) in [5, 5.41) is 9.08. The van der Waals surface area contributed by atoms with Gasteiger partial charge in [0, 0.05) is 25.4 Å². The largest absolute Gasteiger partial charge is 0.473 e. The van der Waals surface area contributed by atoms with Crippen LogP contribution < -0.4 is 9.64 Å². The predicted molar refractivity (Wildman–Crippen MR) is 82.3 cm³/mol. The van der Waals surface area contributed by atoms with Crippen LogP contribution in [-0.2, 0) is 6.61 Å². The van der Waals surface area contributed by atoms with E-state index >= 15 is 0 Å². The van der Waals surface area contributed by atoms with Crippen LogP contribution in [0.3, 0.4) is 0 Å². The number of benzene rings is 1. The van der Waals surface area contributed by atoms with E-state index < -0.39 is 0 Å². The lowest BCUT2D eigenvalue weighted by molar-refractivity contribution is 0.291. The molecule has 1 N–H and O–H groups in total. The number of hydrogen-bond acceptors (Lipinski definition) is 5. The lowest BCUT2D eigenvalue weighted by Crippen LogP contribution is -2.28. The van der Waals surface area contributed by atoms with Crippen molar-refractivity contribution in [3.05, 3.63) is 60.8 Å². The van der Waals surface area contributed by atoms with Gasteiger partial charge in [-0.25, -0.2) is 4.98 Å². The summed E-state index contributed by atoms with van der Waals surface area (Å²) in [4.78, 5) is 10.4. The zero-order chi connectivity index (χ0) is 14.9. The lowest BCUT2D eigenvalue weighted by atomic mass is 10.2. The van der Waals surface area contributed by atoms with Crippen molar-refractivity contribution in [2.24, 2.45) is 0 Å². The van der Waals surface area contributed by atoms with Gasteiger partial charge in [0.2, 0.25) is 11.8 Å². The molecular formula is C16H19N3O2. The van der Waals surface area contributed by atoms with Gasteiger partial charge < -0.3 is 14.7 Å². The summed E-state index contributed by atoms with van der Waals surface area (Å²) >= 11 is 0. The Morgan fingerprint density at radius 3 is 2.76 bits per heavy atom. The van der Waals surface area contributed by atoms with Crippen molar-refractivity contribution in [1.82, 2.24) is 9.97 Å². The standard InChI is InChI=1S/C16H19N3O2/c1-2-10-19(11-12-20)16-17-9-8-15(18-16)21-13-14-6-4-3-5-7-14/h2-9,20H,1,10-13H2. The highest BCUT2D eigenvalue weighted by molar-refractivity contribution is 5.33. The molecule has 0 bridgehead atoms. The van der Waals surface area contributed by atoms with Gasteiger partial charge in [0.25, 0.3) is 0 Å². The van der Waals surface area contributed by atoms with Gasteiger partial charge in [-0.2, -0.15) is 4.98 Å². The maximum Gasteiger partial charge on any atom is 0.228 e. The van der Waals surface area contributed by atoms with E-state index in [0.29, 0.717) is 31.5 Å². The number of aliphatic hydroxyl groups is 1. The average molecular weight is 285 g/mol. The average Bonchev–Trinajstić information content (AvgIpc) is 2.54. The van der Waals surface area contributed by atoms with Crippen LogP contribution in [0.2, 0.25) is 0 Å². The van der Waals surface area contributed by atoms with Crippen LogP contribution >= 0.6 is 0 Å². The fourth-order valence-electron chi connectivity index (χ4n) is 1.85. The molecule has 0 unspecified atom stereocenters. The van der Waals surface area contributed by atoms with Gasteiger partial charge in [0.05, 0.1) is 6.61 Å². The van der Waals surface area contributed by atoms with Gasteiger partial charge in [-0.15, -0.1) is 6.58 Å². The number of ether oxygens (including phenoxy) is 1. The molecule has 5 nitrogen and oxygen atoms in total. The number of anilines is 1. The van der Waals surface area contributed by atoms with Crippen LogP contribution in [0.4, 0.5) is 5.95 Å². The highest BCUT2D eigenvalue weighted by Crippen LogP contribution is 2.14. The highest BCUT2D eigenvalue weighted by Gasteiger charge is 2.08. The Kier molecular flexibility index (Phi) is 5.72. The first-order valence-corrected chi connectivity index (χ1v) is 6.80. The number of aromatic nitrogens is 2. The molecule has 0 aliphatic rings. The number of hydrogen-bond donors (Lipinski definition) is 1. The van der Waals surface area contributed by atoms with Crippen molar-refractivity contribution in [2.75, 3.05) is 24.6 Å². The molecule has 0 atom stereocenters. The minimum absolute atomic E-state index is 0.0340. The van der Waals surface area contributed by atoms with E-state index in [4.69, 9.17) is 9.84 Å². The SMILES string of the molecule is C=CCN(CCO)c1nccc(OCc2ccccc2)n1. The van der Waals surface area contributed by atoms with E-state index in [1.165, 1.54) is 0 Å². The summed E-state index contributed by atoms with van der Waals surface area (Å²) in [5.74, 6) is 1.03. The monoisotopic (exact) mass is 285 g/mol. The van der Waals surface area contributed by atoms with Gasteiger partial charge >= 0.3 is 0 Å². The molecule has 1 aromatic carbocycles. The molecule has 0 fully saturated rings. The lowest BCUT2D eigenvalue weighted by Gasteiger charge is -2.19. The van der Waals surface area contributed by atoms with Crippen molar-refractivity contribution in [3.8, 4) is 5.88 Å². The van der Waals surface area contributed by atoms with Gasteiger partial charge in [0.1, 0.15) is 6.61 Å². The Hall–Kier alpha value is -2.40. The van der Waals surface area contributed by atoms with E-state index in [1.807, 2.05) is 35.2 Å². The molecule has 0 saturated heterocycles. The second-order valence-electron chi connectivity index (χ2n) is 4.43. The molecule has 0 radical (unpaired) electrons. The van der Waals surface area contributed by atoms with Gasteiger partial charge in [-0.05, 0) is 5.56 Å². The fraction of sp³-hybridized carbons (Fsp3) is 0.250. The first-order chi connectivity index (χ1) is 10.3. The van der Waals surface area contributed by atoms with Crippen LogP contribution in [0, 0.1) is 0 Å². The molecule has 0 aliphatic carbocycles. The predicted octanol–water partition coefficient (Wildman–Crippen LogP) is 2.04. The smallest absolute Gasteiger partial charge is 0.228 e. The van der Waals surface area contributed by atoms with Crippen molar-refractivity contribution in [1.29, 1.82) is 0 Å². The first kappa shape index (κ1) is 15.0. The van der Waals surface area contributed by atoms with Crippen LogP contribution in [-0.4, -0.2) is 34.8 Å². The number of nitrogens with zero attached hydrogens (tertiary/aromatic N) is 3. The summed E-state index contributed by atoms with van der Waals surface area (Å²) in [5.41, 5.74) is 1.08. The molecule has 0 aliphatic heterocycles. The first-order valence-electron chi connectivity index (χ1n) is 6.80. The van der Waals surface area contributed by atoms with Crippen LogP contribution in [0.1, 0.15) is 5.56 Å². The minimum atomic E-state index is 0.0340. The summed E-state index contributed by atoms with van der Waals surface area (Å²) in [6.45, 7) is 5.21. The van der Waals surface area contributed by atoms with Crippen LogP contribution in [0.25, 0.3) is 0 Å². The van der Waals surface area contributed by atoms with Crippen molar-refractivity contribution in [3.63, 3.8) is 0 Å². The fourth-order valence-corrected chi connectivity index (χ4v) is 1.85. The van der Waals surface area contributed by atoms with E-state index in [0.717, 1.165) is 5.56 Å². The number of aliphatic hydroxyl groups excluding tert-OH is 1. The highest BCUT2D eigenvalue weighted by atomic mass is 16.5. The molecule has 21 heavy (non-hydrogen) atoms. The van der Waals surface area contributed by atoms with Gasteiger partial charge in [-0.3, -0.25) is 0 Å². The summed E-state index contributed by atoms with van der Waals surface area (Å²) in [7, 11) is 0. The second kappa shape index (κ2) is 8.01. The van der Waals surface area contributed by atoms with Crippen molar-refractivity contribution >= 4 is 5.95 Å². The third-order valence-electron chi connectivity index (χ3n) is 2.85. The van der Waals surface area contributed by atoms with Crippen LogP contribution in [0.5, 0.6) is 5.88 Å². The molecule has 0 amide bonds. The minimum Gasteiger partial charge on any atom is -0.473 e. The Morgan fingerprint density at radius 1 is 1.24 bits per heavy atom. The molecule has 0 saturated carbocycles. The number of rotatable bonds is 8. The topological polar surface area (TPSA) is 58.5 Å². The molecule has 1 heterocycles. The summed E-state index contributed by atoms with van der Waals surface area (Å²) in [6, 6.07) is 11.6. The van der Waals surface area contributed by atoms with E-state index in [1.54, 1.807) is 18.3 Å². The molecule has 110 valence electrons. The van der Waals surface area contributed by atoms with Crippen molar-refractivity contribution < 1.29 is 9.84 Å². The molecule has 0 spiro atoms. The zero-order valence-electron chi connectivity index (χ0n) is 11.9. The van der Waals surface area contributed by atoms with Gasteiger partial charge in [0.15, 0.2) is 0 Å². The Labute approximate surface area is 124 Å². The molecule has 1 aromatic heterocycles. The third-order valence-corrected chi connectivity index (χ3v) is 2.85. The van der Waals surface area contributed by atoms with E-state index in [-0.39, 0.29) is 6.61 Å². The zero-order valence-corrected chi connectivity index (χ0v) is 11.9. The van der Waals surface area contributed by atoms with Crippen molar-refractivity contribution in [2.45, 2.75) is 6.61 Å². The van der Waals surface area contributed by atoms with E-state index in [9.17, 15) is 0 Å². The maximum atomic E-state index is 9.08. The molecule has 5 heteroatoms. The summed E-state index contributed by atoms with van der Waals surface area (Å²) < 4.78 is 5.67. The Morgan fingerprint density at radius 2 is 2.05 bits per heavy atom. The van der Waals surface area contributed by atoms with Crippen LogP contribution in [0.15, 0.2) is 55.3 Å². The third kappa shape index (κ3) is 4.57. The van der Waals surface area contributed by atoms with Gasteiger partial charge in [-0.1, -0.05) is 36.4 Å². The maximum absolute atomic E-state index is 9.08. The molecular weight excluding hydrogens is 266 g/mol. The van der Waals surface area contributed by atoms with E-state index in [2.05, 4.69) is 16.5 Å².